The van der Waals surface area contributed by atoms with Crippen molar-refractivity contribution in [2.75, 3.05) is 36.5 Å². The van der Waals surface area contributed by atoms with E-state index in [0.29, 0.717) is 36.2 Å². The van der Waals surface area contributed by atoms with Crippen molar-refractivity contribution >= 4 is 33.1 Å². The molecular formula is C21H28BrN5O2. The van der Waals surface area contributed by atoms with E-state index >= 15 is 0 Å². The molecule has 2 fully saturated rings. The van der Waals surface area contributed by atoms with Crippen LogP contribution in [0.5, 0.6) is 0 Å². The largest absolute Gasteiger partial charge is 0.378 e. The van der Waals surface area contributed by atoms with Gasteiger partial charge >= 0.3 is 0 Å². The van der Waals surface area contributed by atoms with Gasteiger partial charge in [-0.25, -0.2) is 4.98 Å². The Bertz CT molecular complexity index is 912. The zero-order valence-electron chi connectivity index (χ0n) is 17.1. The number of rotatable bonds is 5. The smallest absolute Gasteiger partial charge is 0.274 e. The number of pyridine rings is 2. The number of nitrogens with zero attached hydrogens (tertiary/aromatic N) is 4. The van der Waals surface area contributed by atoms with Gasteiger partial charge in [-0.3, -0.25) is 9.69 Å². The monoisotopic (exact) mass is 461 g/mol. The van der Waals surface area contributed by atoms with Crippen LogP contribution in [0.25, 0.3) is 0 Å². The maximum Gasteiger partial charge on any atom is 0.274 e. The first kappa shape index (κ1) is 20.4. The summed E-state index contributed by atoms with van der Waals surface area (Å²) in [4.78, 5) is 22.0. The van der Waals surface area contributed by atoms with E-state index in [9.17, 15) is 4.79 Å². The van der Waals surface area contributed by atoms with Gasteiger partial charge in [0.1, 0.15) is 11.5 Å². The Balaban J connectivity index is 1.47. The molecule has 0 bridgehead atoms. The Morgan fingerprint density at radius 3 is 2.66 bits per heavy atom. The average molecular weight is 462 g/mol. The lowest BCUT2D eigenvalue weighted by molar-refractivity contribution is -0.0828. The Hall–Kier alpha value is -1.90. The third-order valence-corrected chi connectivity index (χ3v) is 6.29. The molecule has 2 saturated heterocycles. The van der Waals surface area contributed by atoms with Crippen LogP contribution in [0.3, 0.4) is 0 Å². The Kier molecular flexibility index (Phi) is 5.94. The number of piperazine rings is 1. The van der Waals surface area contributed by atoms with Crippen molar-refractivity contribution in [2.45, 2.75) is 45.4 Å². The van der Waals surface area contributed by atoms with Gasteiger partial charge < -0.3 is 19.5 Å². The SMILES string of the molecule is CCn1cc(Br)cc(Nc2ccc(N3C[C@@H](C)N(C4COC4)C[C@@H]3C)cn2)c1=O. The number of hydrogen-bond acceptors (Lipinski definition) is 6. The highest BCUT2D eigenvalue weighted by atomic mass is 79.9. The summed E-state index contributed by atoms with van der Waals surface area (Å²) in [7, 11) is 0. The van der Waals surface area contributed by atoms with Crippen molar-refractivity contribution in [3.63, 3.8) is 0 Å². The quantitative estimate of drug-likeness (QED) is 0.737. The maximum atomic E-state index is 12.5. The van der Waals surface area contributed by atoms with Crippen LogP contribution in [0.4, 0.5) is 17.2 Å². The summed E-state index contributed by atoms with van der Waals surface area (Å²) in [5.41, 5.74) is 1.57. The summed E-state index contributed by atoms with van der Waals surface area (Å²) >= 11 is 3.46. The normalized spacial score (nSPS) is 23.1. The van der Waals surface area contributed by atoms with E-state index in [0.717, 1.165) is 36.5 Å². The van der Waals surface area contributed by atoms with Crippen LogP contribution in [0.15, 0.2) is 39.9 Å². The van der Waals surface area contributed by atoms with Crippen LogP contribution in [0, 0.1) is 0 Å². The fraction of sp³-hybridized carbons (Fsp3) is 0.524. The topological polar surface area (TPSA) is 62.6 Å². The fourth-order valence-corrected chi connectivity index (χ4v) is 4.60. The van der Waals surface area contributed by atoms with Gasteiger partial charge in [-0.15, -0.1) is 0 Å². The van der Waals surface area contributed by atoms with Gasteiger partial charge in [0.2, 0.25) is 0 Å². The number of hydrogen-bond donors (Lipinski definition) is 1. The molecular weight excluding hydrogens is 434 g/mol. The highest BCUT2D eigenvalue weighted by Crippen LogP contribution is 2.27. The maximum absolute atomic E-state index is 12.5. The van der Waals surface area contributed by atoms with E-state index < -0.39 is 0 Å². The molecule has 0 unspecified atom stereocenters. The second kappa shape index (κ2) is 8.45. The van der Waals surface area contributed by atoms with Crippen LogP contribution in [0.1, 0.15) is 20.8 Å². The molecule has 4 heterocycles. The van der Waals surface area contributed by atoms with E-state index in [4.69, 9.17) is 4.74 Å². The van der Waals surface area contributed by atoms with Gasteiger partial charge in [0, 0.05) is 42.4 Å². The zero-order chi connectivity index (χ0) is 20.5. The summed E-state index contributed by atoms with van der Waals surface area (Å²) in [6.45, 7) is 10.8. The molecule has 29 heavy (non-hydrogen) atoms. The first-order valence-corrected chi connectivity index (χ1v) is 11.0. The molecule has 8 heteroatoms. The van der Waals surface area contributed by atoms with E-state index in [2.05, 4.69) is 55.9 Å². The van der Waals surface area contributed by atoms with Gasteiger partial charge in [0.05, 0.1) is 31.1 Å². The van der Waals surface area contributed by atoms with E-state index in [-0.39, 0.29) is 5.56 Å². The van der Waals surface area contributed by atoms with Crippen molar-refractivity contribution in [3.8, 4) is 0 Å². The molecule has 2 aliphatic heterocycles. The lowest BCUT2D eigenvalue weighted by atomic mass is 10.0. The second-order valence-corrected chi connectivity index (χ2v) is 8.84. The third kappa shape index (κ3) is 4.20. The van der Waals surface area contributed by atoms with Gasteiger partial charge in [-0.1, -0.05) is 0 Å². The molecule has 156 valence electrons. The molecule has 7 nitrogen and oxygen atoms in total. The fourth-order valence-electron chi connectivity index (χ4n) is 4.13. The first-order chi connectivity index (χ1) is 14.0. The molecule has 2 aromatic rings. The molecule has 0 aliphatic carbocycles. The molecule has 2 atom stereocenters. The van der Waals surface area contributed by atoms with Crippen molar-refractivity contribution in [2.24, 2.45) is 0 Å². The standard InChI is InChI=1S/C21H28BrN5O2/c1-4-25-11-16(22)7-19(21(25)28)24-20-6-5-17(8-23-20)26-9-15(3)27(10-14(26)2)18-12-29-13-18/h5-8,11,14-15,18H,4,9-10,12-13H2,1-3H3,(H,23,24)/t14-,15+/m0/s1. The lowest BCUT2D eigenvalue weighted by Gasteiger charge is -2.50. The lowest BCUT2D eigenvalue weighted by Crippen LogP contribution is -2.63. The Morgan fingerprint density at radius 1 is 1.24 bits per heavy atom. The van der Waals surface area contributed by atoms with E-state index in [1.807, 2.05) is 19.2 Å². The number of aryl methyl sites for hydroxylation is 1. The van der Waals surface area contributed by atoms with Gasteiger partial charge in [-0.05, 0) is 54.9 Å². The van der Waals surface area contributed by atoms with Crippen molar-refractivity contribution in [1.29, 1.82) is 0 Å². The molecule has 0 saturated carbocycles. The Morgan fingerprint density at radius 2 is 2.03 bits per heavy atom. The number of halogens is 1. The Labute approximate surface area is 179 Å². The predicted molar refractivity (Wildman–Crippen MR) is 119 cm³/mol. The summed E-state index contributed by atoms with van der Waals surface area (Å²) in [5.74, 6) is 0.664. The number of ether oxygens (including phenoxy) is 1. The molecule has 0 spiro atoms. The minimum Gasteiger partial charge on any atom is -0.378 e. The average Bonchev–Trinajstić information content (AvgIpc) is 2.66. The van der Waals surface area contributed by atoms with Gasteiger partial charge in [0.15, 0.2) is 0 Å². The predicted octanol–water partition coefficient (Wildman–Crippen LogP) is 3.07. The third-order valence-electron chi connectivity index (χ3n) is 5.86. The molecule has 2 aliphatic rings. The zero-order valence-corrected chi connectivity index (χ0v) is 18.7. The minimum atomic E-state index is -0.0554. The molecule has 2 aromatic heterocycles. The van der Waals surface area contributed by atoms with Crippen LogP contribution in [0.2, 0.25) is 0 Å². The molecule has 0 amide bonds. The minimum absolute atomic E-state index is 0.0554. The second-order valence-electron chi connectivity index (χ2n) is 7.93. The van der Waals surface area contributed by atoms with Crippen molar-refractivity contribution < 1.29 is 4.74 Å². The van der Waals surface area contributed by atoms with Gasteiger partial charge in [0.25, 0.3) is 5.56 Å². The summed E-state index contributed by atoms with van der Waals surface area (Å²) < 4.78 is 7.90. The molecule has 4 rings (SSSR count). The molecule has 0 radical (unpaired) electrons. The van der Waals surface area contributed by atoms with Crippen LogP contribution in [-0.2, 0) is 11.3 Å². The van der Waals surface area contributed by atoms with Crippen LogP contribution in [-0.4, -0.2) is 58.9 Å². The first-order valence-electron chi connectivity index (χ1n) is 10.2. The molecule has 0 aromatic carbocycles. The number of aromatic nitrogens is 2. The molecule has 1 N–H and O–H groups in total. The number of nitrogens with one attached hydrogen (secondary N) is 1. The van der Waals surface area contributed by atoms with E-state index in [1.165, 1.54) is 0 Å². The van der Waals surface area contributed by atoms with Crippen LogP contribution < -0.4 is 15.8 Å². The summed E-state index contributed by atoms with van der Waals surface area (Å²) in [5, 5.41) is 3.16. The van der Waals surface area contributed by atoms with Crippen molar-refractivity contribution in [3.05, 3.63) is 45.4 Å². The highest BCUT2D eigenvalue weighted by molar-refractivity contribution is 9.10. The summed E-state index contributed by atoms with van der Waals surface area (Å²) in [6.07, 6.45) is 3.69. The highest BCUT2D eigenvalue weighted by Gasteiger charge is 2.36. The van der Waals surface area contributed by atoms with Crippen LogP contribution >= 0.6 is 15.9 Å². The van der Waals surface area contributed by atoms with Crippen molar-refractivity contribution in [1.82, 2.24) is 14.5 Å². The van der Waals surface area contributed by atoms with Gasteiger partial charge in [-0.2, -0.15) is 0 Å². The summed E-state index contributed by atoms with van der Waals surface area (Å²) in [6, 6.07) is 7.27. The number of anilines is 3. The van der Waals surface area contributed by atoms with E-state index in [1.54, 1.807) is 16.8 Å².